The van der Waals surface area contributed by atoms with Crippen molar-refractivity contribution in [1.82, 2.24) is 10.3 Å². The van der Waals surface area contributed by atoms with Crippen LogP contribution in [0.15, 0.2) is 18.3 Å². The molecule has 0 atom stereocenters. The van der Waals surface area contributed by atoms with Crippen LogP contribution in [0.1, 0.15) is 35.3 Å². The van der Waals surface area contributed by atoms with Crippen LogP contribution in [0, 0.1) is 0 Å². The maximum Gasteiger partial charge on any atom is 0.354 e. The number of hydrogen-bond acceptors (Lipinski definition) is 4. The van der Waals surface area contributed by atoms with E-state index >= 15 is 0 Å². The number of nitrogens with zero attached hydrogens (tertiary/aromatic N) is 1. The first-order chi connectivity index (χ1) is 8.51. The minimum atomic E-state index is -1.07. The zero-order valence-electron chi connectivity index (χ0n) is 9.85. The third-order valence-corrected chi connectivity index (χ3v) is 3.19. The largest absolute Gasteiger partial charge is 0.477 e. The highest BCUT2D eigenvalue weighted by Crippen LogP contribution is 2.29. The number of rotatable bonds is 4. The lowest BCUT2D eigenvalue weighted by Gasteiger charge is -2.36. The lowest BCUT2D eigenvalue weighted by atomic mass is 9.77. The van der Waals surface area contributed by atoms with Gasteiger partial charge in [0.05, 0.1) is 5.54 Å². The van der Waals surface area contributed by atoms with E-state index in [1.54, 1.807) is 6.07 Å². The number of carboxylic acids is 1. The Kier molecular flexibility index (Phi) is 3.29. The summed E-state index contributed by atoms with van der Waals surface area (Å²) in [5.74, 6) is -1.22. The van der Waals surface area contributed by atoms with E-state index in [1.807, 2.05) is 0 Å². The molecule has 0 aliphatic heterocycles. The van der Waals surface area contributed by atoms with Crippen LogP contribution in [0.5, 0.6) is 0 Å². The van der Waals surface area contributed by atoms with Gasteiger partial charge in [0, 0.05) is 12.7 Å². The van der Waals surface area contributed by atoms with E-state index in [0.29, 0.717) is 6.54 Å². The molecule has 1 saturated carbocycles. The Morgan fingerprint density at radius 3 is 2.61 bits per heavy atom. The van der Waals surface area contributed by atoms with Crippen molar-refractivity contribution in [3.63, 3.8) is 0 Å². The predicted octanol–water partition coefficient (Wildman–Crippen LogP) is 0.277. The minimum absolute atomic E-state index is 0.0145. The fourth-order valence-electron chi connectivity index (χ4n) is 1.80. The average Bonchev–Trinajstić information content (AvgIpc) is 2.33. The molecule has 4 N–H and O–H groups in total. The molecule has 0 aromatic carbocycles. The number of aromatic nitrogens is 1. The number of nitrogens with two attached hydrogens (primary N) is 1. The fraction of sp³-hybridized carbons (Fsp3) is 0.417. The molecule has 0 unspecified atom stereocenters. The molecule has 18 heavy (non-hydrogen) atoms. The van der Waals surface area contributed by atoms with Gasteiger partial charge in [-0.05, 0) is 30.9 Å². The van der Waals surface area contributed by atoms with Crippen LogP contribution in [0.4, 0.5) is 0 Å². The summed E-state index contributed by atoms with van der Waals surface area (Å²) in [6, 6.07) is 3.03. The zero-order chi connectivity index (χ0) is 13.2. The number of amides is 1. The molecule has 1 aromatic heterocycles. The summed E-state index contributed by atoms with van der Waals surface area (Å²) in [6.07, 6.45) is 3.86. The maximum atomic E-state index is 11.7. The van der Waals surface area contributed by atoms with Gasteiger partial charge in [-0.25, -0.2) is 9.78 Å². The molecule has 96 valence electrons. The Balaban J connectivity index is 1.90. The molecule has 1 aliphatic rings. The zero-order valence-corrected chi connectivity index (χ0v) is 9.85. The van der Waals surface area contributed by atoms with Crippen molar-refractivity contribution >= 4 is 11.9 Å². The highest BCUT2D eigenvalue weighted by Gasteiger charge is 2.39. The van der Waals surface area contributed by atoms with Gasteiger partial charge in [-0.1, -0.05) is 6.07 Å². The topological polar surface area (TPSA) is 105 Å². The lowest BCUT2D eigenvalue weighted by molar-refractivity contribution is -0.129. The summed E-state index contributed by atoms with van der Waals surface area (Å²) < 4.78 is 0. The monoisotopic (exact) mass is 249 g/mol. The van der Waals surface area contributed by atoms with E-state index < -0.39 is 11.5 Å². The van der Waals surface area contributed by atoms with Crippen LogP contribution < -0.4 is 11.1 Å². The maximum absolute atomic E-state index is 11.7. The number of nitrogens with one attached hydrogen (secondary N) is 1. The summed E-state index contributed by atoms with van der Waals surface area (Å²) in [4.78, 5) is 26.1. The van der Waals surface area contributed by atoms with Crippen LogP contribution in [0.25, 0.3) is 0 Å². The summed E-state index contributed by atoms with van der Waals surface area (Å²) in [5, 5.41) is 11.4. The molecular formula is C12H15N3O3. The van der Waals surface area contributed by atoms with E-state index in [2.05, 4.69) is 10.3 Å². The first-order valence-corrected chi connectivity index (χ1v) is 5.77. The van der Waals surface area contributed by atoms with Crippen LogP contribution in [0.2, 0.25) is 0 Å². The van der Waals surface area contributed by atoms with Crippen molar-refractivity contribution < 1.29 is 14.7 Å². The molecule has 0 bridgehead atoms. The van der Waals surface area contributed by atoms with Crippen LogP contribution in [-0.4, -0.2) is 27.5 Å². The Labute approximate surface area is 104 Å². The van der Waals surface area contributed by atoms with Crippen LogP contribution >= 0.6 is 0 Å². The summed E-state index contributed by atoms with van der Waals surface area (Å²) in [6.45, 7) is 0.310. The van der Waals surface area contributed by atoms with Crippen molar-refractivity contribution in [2.45, 2.75) is 31.3 Å². The molecule has 2 rings (SSSR count). The van der Waals surface area contributed by atoms with Gasteiger partial charge in [-0.3, -0.25) is 4.79 Å². The molecule has 1 aliphatic carbocycles. The molecule has 1 heterocycles. The van der Waals surface area contributed by atoms with Crippen molar-refractivity contribution in [3.05, 3.63) is 29.6 Å². The standard InChI is InChI=1S/C12H15N3O3/c13-12(4-1-5-12)11(18)15-7-8-2-3-9(10(16)17)14-6-8/h2-3,6H,1,4-5,7,13H2,(H,15,18)(H,16,17). The number of carboxylic acid groups (broad SMARTS) is 1. The third-order valence-electron chi connectivity index (χ3n) is 3.19. The van der Waals surface area contributed by atoms with E-state index in [1.165, 1.54) is 12.3 Å². The number of aromatic carboxylic acids is 1. The second kappa shape index (κ2) is 4.73. The van der Waals surface area contributed by atoms with E-state index in [-0.39, 0.29) is 11.6 Å². The van der Waals surface area contributed by atoms with Gasteiger partial charge in [-0.15, -0.1) is 0 Å². The summed E-state index contributed by atoms with van der Waals surface area (Å²) >= 11 is 0. The first kappa shape index (κ1) is 12.5. The van der Waals surface area contributed by atoms with Gasteiger partial charge in [-0.2, -0.15) is 0 Å². The van der Waals surface area contributed by atoms with Gasteiger partial charge in [0.2, 0.25) is 5.91 Å². The van der Waals surface area contributed by atoms with Crippen molar-refractivity contribution in [3.8, 4) is 0 Å². The van der Waals surface area contributed by atoms with Crippen molar-refractivity contribution in [2.24, 2.45) is 5.73 Å². The predicted molar refractivity (Wildman–Crippen MR) is 63.8 cm³/mol. The fourth-order valence-corrected chi connectivity index (χ4v) is 1.80. The van der Waals surface area contributed by atoms with Gasteiger partial charge < -0.3 is 16.2 Å². The van der Waals surface area contributed by atoms with E-state index in [0.717, 1.165) is 24.8 Å². The molecule has 6 heteroatoms. The van der Waals surface area contributed by atoms with Gasteiger partial charge in [0.25, 0.3) is 0 Å². The van der Waals surface area contributed by atoms with Crippen LogP contribution in [-0.2, 0) is 11.3 Å². The summed E-state index contributed by atoms with van der Waals surface area (Å²) in [7, 11) is 0. The Bertz CT molecular complexity index is 466. The second-order valence-corrected chi connectivity index (χ2v) is 4.55. The van der Waals surface area contributed by atoms with E-state index in [4.69, 9.17) is 10.8 Å². The quantitative estimate of drug-likeness (QED) is 0.710. The van der Waals surface area contributed by atoms with Crippen LogP contribution in [0.3, 0.4) is 0 Å². The molecule has 1 fully saturated rings. The number of pyridine rings is 1. The minimum Gasteiger partial charge on any atom is -0.477 e. The van der Waals surface area contributed by atoms with Crippen molar-refractivity contribution in [1.29, 1.82) is 0 Å². The normalized spacial score (nSPS) is 16.7. The molecule has 0 saturated heterocycles. The Morgan fingerprint density at radius 2 is 2.17 bits per heavy atom. The number of hydrogen-bond donors (Lipinski definition) is 3. The molecule has 1 aromatic rings. The molecule has 0 radical (unpaired) electrons. The number of carbonyl (C=O) groups excluding carboxylic acids is 1. The van der Waals surface area contributed by atoms with Gasteiger partial charge in [0.15, 0.2) is 0 Å². The van der Waals surface area contributed by atoms with Gasteiger partial charge >= 0.3 is 5.97 Å². The second-order valence-electron chi connectivity index (χ2n) is 4.55. The van der Waals surface area contributed by atoms with Gasteiger partial charge in [0.1, 0.15) is 5.69 Å². The Hall–Kier alpha value is -1.95. The number of carbonyl (C=O) groups is 2. The third kappa shape index (κ3) is 2.48. The molecule has 0 spiro atoms. The summed E-state index contributed by atoms with van der Waals surface area (Å²) in [5.41, 5.74) is 5.89. The molecule has 1 amide bonds. The average molecular weight is 249 g/mol. The molecule has 6 nitrogen and oxygen atoms in total. The smallest absolute Gasteiger partial charge is 0.354 e. The van der Waals surface area contributed by atoms with E-state index in [9.17, 15) is 9.59 Å². The molecular weight excluding hydrogens is 234 g/mol. The lowest BCUT2D eigenvalue weighted by Crippen LogP contribution is -2.58. The SMILES string of the molecule is NC1(C(=O)NCc2ccc(C(=O)O)nc2)CCC1. The highest BCUT2D eigenvalue weighted by molar-refractivity contribution is 5.87. The highest BCUT2D eigenvalue weighted by atomic mass is 16.4. The first-order valence-electron chi connectivity index (χ1n) is 5.77. The van der Waals surface area contributed by atoms with Crippen molar-refractivity contribution in [2.75, 3.05) is 0 Å². The Morgan fingerprint density at radius 1 is 1.44 bits per heavy atom.